The number of hydrogen-bond acceptors (Lipinski definition) is 3. The van der Waals surface area contributed by atoms with E-state index in [2.05, 4.69) is 17.4 Å². The molecule has 0 unspecified atom stereocenters. The number of anilines is 1. The van der Waals surface area contributed by atoms with Crippen molar-refractivity contribution >= 4 is 5.69 Å². The zero-order valence-electron chi connectivity index (χ0n) is 11.0. The lowest BCUT2D eigenvalue weighted by molar-refractivity contribution is 0.413. The van der Waals surface area contributed by atoms with E-state index in [1.54, 1.807) is 7.11 Å². The summed E-state index contributed by atoms with van der Waals surface area (Å²) in [7, 11) is 1.66. The Kier molecular flexibility index (Phi) is 3.27. The van der Waals surface area contributed by atoms with Gasteiger partial charge in [-0.3, -0.25) is 0 Å². The van der Waals surface area contributed by atoms with E-state index in [0.29, 0.717) is 0 Å². The van der Waals surface area contributed by atoms with Crippen molar-refractivity contribution in [1.29, 1.82) is 0 Å². The fourth-order valence-electron chi connectivity index (χ4n) is 2.28. The first-order valence-electron chi connectivity index (χ1n) is 6.54. The summed E-state index contributed by atoms with van der Waals surface area (Å²) in [4.78, 5) is 0. The van der Waals surface area contributed by atoms with Crippen LogP contribution in [-0.2, 0) is 6.42 Å². The quantitative estimate of drug-likeness (QED) is 0.903. The van der Waals surface area contributed by atoms with E-state index >= 15 is 0 Å². The normalized spacial score (nSPS) is 13.3. The summed E-state index contributed by atoms with van der Waals surface area (Å²) in [5.74, 6) is 2.51. The summed E-state index contributed by atoms with van der Waals surface area (Å²) >= 11 is 0. The second kappa shape index (κ2) is 5.22. The minimum atomic E-state index is 0.816. The third-order valence-electron chi connectivity index (χ3n) is 3.31. The molecule has 0 aliphatic carbocycles. The molecule has 3 rings (SSSR count). The third kappa shape index (κ3) is 2.65. The number of hydrogen-bond donors (Lipinski definition) is 1. The number of benzene rings is 2. The molecule has 0 saturated heterocycles. The molecule has 0 amide bonds. The Morgan fingerprint density at radius 2 is 1.68 bits per heavy atom. The molecular formula is C16H17NO2. The van der Waals surface area contributed by atoms with Crippen LogP contribution in [0, 0.1) is 0 Å². The monoisotopic (exact) mass is 255 g/mol. The van der Waals surface area contributed by atoms with E-state index in [-0.39, 0.29) is 0 Å². The van der Waals surface area contributed by atoms with Gasteiger partial charge in [0.15, 0.2) is 0 Å². The Morgan fingerprint density at radius 3 is 2.47 bits per heavy atom. The molecule has 1 N–H and O–H groups in total. The highest BCUT2D eigenvalue weighted by Gasteiger charge is 2.09. The topological polar surface area (TPSA) is 30.5 Å². The van der Waals surface area contributed by atoms with Gasteiger partial charge in [-0.25, -0.2) is 0 Å². The lowest BCUT2D eigenvalue weighted by Crippen LogP contribution is -2.11. The van der Waals surface area contributed by atoms with Crippen LogP contribution in [0.25, 0.3) is 0 Å². The largest absolute Gasteiger partial charge is 0.497 e. The molecule has 3 nitrogen and oxygen atoms in total. The van der Waals surface area contributed by atoms with Crippen LogP contribution in [0.5, 0.6) is 17.2 Å². The molecule has 0 saturated carbocycles. The van der Waals surface area contributed by atoms with E-state index in [1.165, 1.54) is 17.7 Å². The number of aryl methyl sites for hydroxylation is 1. The summed E-state index contributed by atoms with van der Waals surface area (Å²) < 4.78 is 11.0. The zero-order valence-corrected chi connectivity index (χ0v) is 11.0. The zero-order chi connectivity index (χ0) is 13.1. The van der Waals surface area contributed by atoms with Gasteiger partial charge in [-0.1, -0.05) is 6.07 Å². The molecule has 0 aromatic heterocycles. The molecule has 3 heteroatoms. The van der Waals surface area contributed by atoms with Gasteiger partial charge < -0.3 is 14.8 Å². The van der Waals surface area contributed by atoms with Gasteiger partial charge in [0.25, 0.3) is 0 Å². The van der Waals surface area contributed by atoms with Crippen molar-refractivity contribution in [1.82, 2.24) is 0 Å². The second-order valence-electron chi connectivity index (χ2n) is 4.63. The van der Waals surface area contributed by atoms with Gasteiger partial charge in [0, 0.05) is 18.3 Å². The van der Waals surface area contributed by atoms with Gasteiger partial charge in [0.1, 0.15) is 17.2 Å². The van der Waals surface area contributed by atoms with Gasteiger partial charge in [0.2, 0.25) is 0 Å². The Hall–Kier alpha value is -2.16. The average molecular weight is 255 g/mol. The first kappa shape index (κ1) is 11.9. The Labute approximate surface area is 113 Å². The summed E-state index contributed by atoms with van der Waals surface area (Å²) in [6.45, 7) is 1.04. The van der Waals surface area contributed by atoms with Crippen molar-refractivity contribution in [2.24, 2.45) is 0 Å². The van der Waals surface area contributed by atoms with Crippen LogP contribution in [0.15, 0.2) is 42.5 Å². The van der Waals surface area contributed by atoms with Crippen LogP contribution >= 0.6 is 0 Å². The third-order valence-corrected chi connectivity index (χ3v) is 3.31. The maximum atomic E-state index is 5.85. The van der Waals surface area contributed by atoms with Crippen molar-refractivity contribution < 1.29 is 9.47 Å². The summed E-state index contributed by atoms with van der Waals surface area (Å²) in [5.41, 5.74) is 2.56. The number of nitrogens with one attached hydrogen (secondary N) is 1. The average Bonchev–Trinajstić information content (AvgIpc) is 2.48. The molecule has 0 bridgehead atoms. The molecule has 2 aromatic carbocycles. The van der Waals surface area contributed by atoms with E-state index in [0.717, 1.165) is 30.2 Å². The van der Waals surface area contributed by atoms with E-state index < -0.39 is 0 Å². The van der Waals surface area contributed by atoms with E-state index in [9.17, 15) is 0 Å². The number of ether oxygens (including phenoxy) is 2. The van der Waals surface area contributed by atoms with Gasteiger partial charge in [-0.05, 0) is 48.7 Å². The van der Waals surface area contributed by atoms with Crippen molar-refractivity contribution in [3.05, 3.63) is 48.0 Å². The lowest BCUT2D eigenvalue weighted by Gasteiger charge is -2.18. The number of fused-ring (bicyclic) bond motifs is 1. The first-order chi connectivity index (χ1) is 9.35. The Bertz CT molecular complexity index is 563. The standard InChI is InChI=1S/C16H17NO2/c1-18-13-6-8-14(9-7-13)19-15-5-4-12-3-2-10-17-16(12)11-15/h4-9,11,17H,2-3,10H2,1H3. The minimum absolute atomic E-state index is 0.816. The number of methoxy groups -OCH3 is 1. The van der Waals surface area contributed by atoms with Crippen LogP contribution in [0.2, 0.25) is 0 Å². The predicted molar refractivity (Wildman–Crippen MR) is 76.3 cm³/mol. The van der Waals surface area contributed by atoms with Crippen molar-refractivity contribution in [2.75, 3.05) is 19.0 Å². The van der Waals surface area contributed by atoms with Crippen LogP contribution in [-0.4, -0.2) is 13.7 Å². The highest BCUT2D eigenvalue weighted by atomic mass is 16.5. The molecule has 0 fully saturated rings. The number of rotatable bonds is 3. The molecule has 1 aliphatic heterocycles. The maximum absolute atomic E-state index is 5.85. The molecule has 0 radical (unpaired) electrons. The smallest absolute Gasteiger partial charge is 0.129 e. The fourth-order valence-corrected chi connectivity index (χ4v) is 2.28. The van der Waals surface area contributed by atoms with Gasteiger partial charge >= 0.3 is 0 Å². The summed E-state index contributed by atoms with van der Waals surface area (Å²) in [6, 6.07) is 13.8. The van der Waals surface area contributed by atoms with Crippen molar-refractivity contribution in [3.63, 3.8) is 0 Å². The molecule has 1 heterocycles. The Balaban J connectivity index is 1.78. The summed E-state index contributed by atoms with van der Waals surface area (Å²) in [5, 5.41) is 3.41. The van der Waals surface area contributed by atoms with Crippen LogP contribution < -0.4 is 14.8 Å². The van der Waals surface area contributed by atoms with Crippen LogP contribution in [0.3, 0.4) is 0 Å². The predicted octanol–water partition coefficient (Wildman–Crippen LogP) is 3.85. The molecule has 0 spiro atoms. The van der Waals surface area contributed by atoms with Gasteiger partial charge in [0.05, 0.1) is 7.11 Å². The fraction of sp³-hybridized carbons (Fsp3) is 0.250. The summed E-state index contributed by atoms with van der Waals surface area (Å²) in [6.07, 6.45) is 2.34. The Morgan fingerprint density at radius 1 is 0.947 bits per heavy atom. The molecular weight excluding hydrogens is 238 g/mol. The van der Waals surface area contributed by atoms with E-state index in [4.69, 9.17) is 9.47 Å². The van der Waals surface area contributed by atoms with Crippen LogP contribution in [0.4, 0.5) is 5.69 Å². The highest BCUT2D eigenvalue weighted by Crippen LogP contribution is 2.30. The van der Waals surface area contributed by atoms with Crippen molar-refractivity contribution in [3.8, 4) is 17.2 Å². The first-order valence-corrected chi connectivity index (χ1v) is 6.54. The van der Waals surface area contributed by atoms with Gasteiger partial charge in [-0.15, -0.1) is 0 Å². The maximum Gasteiger partial charge on any atom is 0.129 e. The molecule has 19 heavy (non-hydrogen) atoms. The van der Waals surface area contributed by atoms with Crippen molar-refractivity contribution in [2.45, 2.75) is 12.8 Å². The van der Waals surface area contributed by atoms with E-state index in [1.807, 2.05) is 30.3 Å². The second-order valence-corrected chi connectivity index (χ2v) is 4.63. The SMILES string of the molecule is COc1ccc(Oc2ccc3c(c2)NCCC3)cc1. The molecule has 0 atom stereocenters. The lowest BCUT2D eigenvalue weighted by atomic mass is 10.0. The minimum Gasteiger partial charge on any atom is -0.497 e. The molecule has 1 aliphatic rings. The van der Waals surface area contributed by atoms with Gasteiger partial charge in [-0.2, -0.15) is 0 Å². The molecule has 2 aromatic rings. The highest BCUT2D eigenvalue weighted by molar-refractivity contribution is 5.57. The molecule has 98 valence electrons. The van der Waals surface area contributed by atoms with Crippen LogP contribution in [0.1, 0.15) is 12.0 Å².